The average molecular weight is 317 g/mol. The van der Waals surface area contributed by atoms with E-state index in [1.54, 1.807) is 0 Å². The minimum absolute atomic E-state index is 0.416. The number of benzene rings is 1. The molecule has 0 saturated carbocycles. The lowest BCUT2D eigenvalue weighted by atomic mass is 10.1. The largest absolute Gasteiger partial charge is 0.444 e. The second-order valence-corrected chi connectivity index (χ2v) is 7.46. The van der Waals surface area contributed by atoms with Crippen LogP contribution in [-0.2, 0) is 4.74 Å². The molecule has 2 N–H and O–H groups in total. The quantitative estimate of drug-likeness (QED) is 0.893. The maximum Gasteiger partial charge on any atom is 0.412 e. The monoisotopic (exact) mass is 317 g/mol. The number of amides is 1. The third kappa shape index (κ3) is 3.96. The molecule has 0 radical (unpaired) electrons. The molecule has 126 valence electrons. The van der Waals surface area contributed by atoms with E-state index < -0.39 is 11.7 Å². The van der Waals surface area contributed by atoms with E-state index >= 15 is 0 Å². The Bertz CT molecular complexity index is 568. The zero-order valence-corrected chi connectivity index (χ0v) is 14.3. The fourth-order valence-electron chi connectivity index (χ4n) is 3.58. The van der Waals surface area contributed by atoms with Gasteiger partial charge in [0.05, 0.1) is 11.4 Å². The van der Waals surface area contributed by atoms with Crippen LogP contribution in [0, 0.1) is 0 Å². The standard InChI is InChI=1S/C18H27N3O2/c1-18(2,3)23-17(22)20-14-8-5-4-7-13(14)19-15-10-12-21-11-6-9-16(15)21/h4-5,7-8,15-16,19H,6,9-12H2,1-3H3,(H,20,22). The lowest BCUT2D eigenvalue weighted by Gasteiger charge is -2.24. The van der Waals surface area contributed by atoms with Gasteiger partial charge in [-0.05, 0) is 58.7 Å². The van der Waals surface area contributed by atoms with Gasteiger partial charge in [-0.2, -0.15) is 0 Å². The summed E-state index contributed by atoms with van der Waals surface area (Å²) in [6, 6.07) is 8.93. The molecule has 2 heterocycles. The lowest BCUT2D eigenvalue weighted by molar-refractivity contribution is 0.0636. The average Bonchev–Trinajstić information content (AvgIpc) is 3.03. The van der Waals surface area contributed by atoms with Gasteiger partial charge in [-0.25, -0.2) is 4.79 Å². The number of carbonyl (C=O) groups excluding carboxylic acids is 1. The molecule has 0 aliphatic carbocycles. The fourth-order valence-corrected chi connectivity index (χ4v) is 3.58. The van der Waals surface area contributed by atoms with Crippen molar-refractivity contribution < 1.29 is 9.53 Å². The summed E-state index contributed by atoms with van der Waals surface area (Å²) in [6.45, 7) is 7.99. The van der Waals surface area contributed by atoms with Crippen molar-refractivity contribution in [3.05, 3.63) is 24.3 Å². The molecular weight excluding hydrogens is 290 g/mol. The van der Waals surface area contributed by atoms with Crippen LogP contribution < -0.4 is 10.6 Å². The molecule has 2 aliphatic rings. The van der Waals surface area contributed by atoms with Crippen molar-refractivity contribution in [1.29, 1.82) is 0 Å². The van der Waals surface area contributed by atoms with Crippen molar-refractivity contribution >= 4 is 17.5 Å². The number of hydrogen-bond donors (Lipinski definition) is 2. The Morgan fingerprint density at radius 3 is 2.65 bits per heavy atom. The zero-order chi connectivity index (χ0) is 16.4. The summed E-state index contributed by atoms with van der Waals surface area (Å²) in [7, 11) is 0. The summed E-state index contributed by atoms with van der Waals surface area (Å²) in [5.41, 5.74) is 1.25. The van der Waals surface area contributed by atoms with Gasteiger partial charge >= 0.3 is 6.09 Å². The summed E-state index contributed by atoms with van der Waals surface area (Å²) in [6.07, 6.45) is 3.30. The van der Waals surface area contributed by atoms with Crippen LogP contribution in [-0.4, -0.2) is 41.8 Å². The maximum absolute atomic E-state index is 12.0. The van der Waals surface area contributed by atoms with Crippen molar-refractivity contribution in [2.45, 2.75) is 57.7 Å². The number of rotatable bonds is 3. The molecule has 23 heavy (non-hydrogen) atoms. The van der Waals surface area contributed by atoms with Crippen molar-refractivity contribution in [3.63, 3.8) is 0 Å². The highest BCUT2D eigenvalue weighted by atomic mass is 16.6. The van der Waals surface area contributed by atoms with Gasteiger partial charge in [0.2, 0.25) is 0 Å². The smallest absolute Gasteiger partial charge is 0.412 e. The second-order valence-electron chi connectivity index (χ2n) is 7.46. The summed E-state index contributed by atoms with van der Waals surface area (Å²) in [5, 5.41) is 6.50. The predicted molar refractivity (Wildman–Crippen MR) is 92.9 cm³/mol. The van der Waals surface area contributed by atoms with E-state index in [1.165, 1.54) is 25.9 Å². The summed E-state index contributed by atoms with van der Waals surface area (Å²) in [4.78, 5) is 14.6. The number of fused-ring (bicyclic) bond motifs is 1. The molecule has 1 amide bonds. The van der Waals surface area contributed by atoms with Gasteiger partial charge in [0, 0.05) is 18.6 Å². The van der Waals surface area contributed by atoms with Gasteiger partial charge in [0.15, 0.2) is 0 Å². The van der Waals surface area contributed by atoms with E-state index in [2.05, 4.69) is 15.5 Å². The van der Waals surface area contributed by atoms with E-state index in [1.807, 2.05) is 45.0 Å². The normalized spacial score (nSPS) is 24.3. The third-order valence-electron chi connectivity index (χ3n) is 4.51. The van der Waals surface area contributed by atoms with Crippen LogP contribution >= 0.6 is 0 Å². The predicted octanol–water partition coefficient (Wildman–Crippen LogP) is 3.68. The van der Waals surface area contributed by atoms with E-state index in [-0.39, 0.29) is 0 Å². The molecule has 0 aromatic heterocycles. The molecule has 1 aromatic rings. The molecule has 0 spiro atoms. The Morgan fingerprint density at radius 2 is 1.91 bits per heavy atom. The fraction of sp³-hybridized carbons (Fsp3) is 0.611. The van der Waals surface area contributed by atoms with Crippen LogP contribution in [0.5, 0.6) is 0 Å². The van der Waals surface area contributed by atoms with Gasteiger partial charge in [0.25, 0.3) is 0 Å². The minimum Gasteiger partial charge on any atom is -0.444 e. The van der Waals surface area contributed by atoms with Crippen LogP contribution in [0.3, 0.4) is 0 Å². The van der Waals surface area contributed by atoms with Crippen LogP contribution in [0.25, 0.3) is 0 Å². The molecule has 5 heteroatoms. The number of ether oxygens (including phenoxy) is 1. The highest BCUT2D eigenvalue weighted by Crippen LogP contribution is 2.32. The molecule has 1 aromatic carbocycles. The Kier molecular flexibility index (Phi) is 4.48. The van der Waals surface area contributed by atoms with Crippen molar-refractivity contribution in [2.75, 3.05) is 23.7 Å². The number of nitrogens with zero attached hydrogens (tertiary/aromatic N) is 1. The molecule has 2 atom stereocenters. The van der Waals surface area contributed by atoms with Crippen LogP contribution in [0.4, 0.5) is 16.2 Å². The third-order valence-corrected chi connectivity index (χ3v) is 4.51. The summed E-state index contributed by atoms with van der Waals surface area (Å²) >= 11 is 0. The number of nitrogens with one attached hydrogen (secondary N) is 2. The molecule has 2 unspecified atom stereocenters. The Balaban J connectivity index is 1.67. The molecule has 2 saturated heterocycles. The number of carbonyl (C=O) groups is 1. The number of anilines is 2. The van der Waals surface area contributed by atoms with Crippen molar-refractivity contribution in [2.24, 2.45) is 0 Å². The summed E-state index contributed by atoms with van der Waals surface area (Å²) < 4.78 is 5.35. The topological polar surface area (TPSA) is 53.6 Å². The Morgan fingerprint density at radius 1 is 1.17 bits per heavy atom. The molecular formula is C18H27N3O2. The molecule has 0 bridgehead atoms. The van der Waals surface area contributed by atoms with Gasteiger partial charge in [0.1, 0.15) is 5.60 Å². The SMILES string of the molecule is CC(C)(C)OC(=O)Nc1ccccc1NC1CCN2CCCC12. The van der Waals surface area contributed by atoms with E-state index in [0.29, 0.717) is 12.1 Å². The first-order chi connectivity index (χ1) is 10.9. The second kappa shape index (κ2) is 6.40. The first kappa shape index (κ1) is 16.1. The zero-order valence-electron chi connectivity index (χ0n) is 14.3. The van der Waals surface area contributed by atoms with Crippen LogP contribution in [0.2, 0.25) is 0 Å². The molecule has 2 fully saturated rings. The Hall–Kier alpha value is -1.75. The first-order valence-corrected chi connectivity index (χ1v) is 8.52. The highest BCUT2D eigenvalue weighted by molar-refractivity contribution is 5.89. The molecule has 5 nitrogen and oxygen atoms in total. The van der Waals surface area contributed by atoms with Crippen molar-refractivity contribution in [1.82, 2.24) is 4.90 Å². The van der Waals surface area contributed by atoms with Gasteiger partial charge in [-0.15, -0.1) is 0 Å². The van der Waals surface area contributed by atoms with Crippen LogP contribution in [0.15, 0.2) is 24.3 Å². The molecule has 2 aliphatic heterocycles. The van der Waals surface area contributed by atoms with Gasteiger partial charge in [-0.3, -0.25) is 10.2 Å². The number of para-hydroxylation sites is 2. The van der Waals surface area contributed by atoms with E-state index in [9.17, 15) is 4.79 Å². The molecule has 3 rings (SSSR count). The van der Waals surface area contributed by atoms with Gasteiger partial charge in [-0.1, -0.05) is 12.1 Å². The summed E-state index contributed by atoms with van der Waals surface area (Å²) in [5.74, 6) is 0. The van der Waals surface area contributed by atoms with Crippen LogP contribution in [0.1, 0.15) is 40.0 Å². The first-order valence-electron chi connectivity index (χ1n) is 8.52. The minimum atomic E-state index is -0.498. The lowest BCUT2D eigenvalue weighted by Crippen LogP contribution is -2.34. The van der Waals surface area contributed by atoms with Gasteiger partial charge < -0.3 is 10.1 Å². The highest BCUT2D eigenvalue weighted by Gasteiger charge is 2.37. The van der Waals surface area contributed by atoms with E-state index in [0.717, 1.165) is 17.8 Å². The van der Waals surface area contributed by atoms with Crippen molar-refractivity contribution in [3.8, 4) is 0 Å². The number of hydrogen-bond acceptors (Lipinski definition) is 4. The Labute approximate surface area is 138 Å². The maximum atomic E-state index is 12.0. The van der Waals surface area contributed by atoms with E-state index in [4.69, 9.17) is 4.74 Å².